The summed E-state index contributed by atoms with van der Waals surface area (Å²) in [5, 5.41) is 12.9. The zero-order valence-corrected chi connectivity index (χ0v) is 10.7. The molecular weight excluding hydrogens is 252 g/mol. The van der Waals surface area contributed by atoms with Crippen LogP contribution in [0.1, 0.15) is 31.2 Å². The van der Waals surface area contributed by atoms with Crippen LogP contribution in [0.3, 0.4) is 0 Å². The highest BCUT2D eigenvalue weighted by Crippen LogP contribution is 2.29. The maximum Gasteiger partial charge on any atom is 0.387 e. The Morgan fingerprint density at radius 2 is 1.84 bits per heavy atom. The Morgan fingerprint density at radius 3 is 2.37 bits per heavy atom. The molecule has 19 heavy (non-hydrogen) atoms. The normalized spacial score (nSPS) is 17.9. The van der Waals surface area contributed by atoms with E-state index in [1.165, 1.54) is 12.1 Å². The van der Waals surface area contributed by atoms with Gasteiger partial charge in [0.15, 0.2) is 0 Å². The van der Waals surface area contributed by atoms with E-state index in [1.54, 1.807) is 12.1 Å². The van der Waals surface area contributed by atoms with Crippen LogP contribution in [-0.2, 0) is 6.54 Å². The number of alkyl halides is 2. The fourth-order valence-electron chi connectivity index (χ4n) is 2.52. The van der Waals surface area contributed by atoms with Crippen LogP contribution in [0.15, 0.2) is 24.3 Å². The summed E-state index contributed by atoms with van der Waals surface area (Å²) in [6, 6.07) is 6.57. The standard InChI is InChI=1S/C14H19F2NO2/c15-13(16)19-12-5-3-11(4-6-12)9-17-14(10-18)7-1-2-8-14/h3-6,13,17-18H,1-2,7-10H2. The Hall–Kier alpha value is -1.20. The van der Waals surface area contributed by atoms with Gasteiger partial charge in [-0.2, -0.15) is 8.78 Å². The van der Waals surface area contributed by atoms with Crippen LogP contribution in [-0.4, -0.2) is 23.9 Å². The minimum atomic E-state index is -2.79. The number of nitrogens with one attached hydrogen (secondary N) is 1. The molecule has 2 N–H and O–H groups in total. The predicted molar refractivity (Wildman–Crippen MR) is 68.2 cm³/mol. The number of hydrogen-bond acceptors (Lipinski definition) is 3. The molecule has 0 spiro atoms. The van der Waals surface area contributed by atoms with Gasteiger partial charge in [0.1, 0.15) is 5.75 Å². The molecule has 1 saturated carbocycles. The minimum Gasteiger partial charge on any atom is -0.435 e. The molecule has 1 aromatic carbocycles. The van der Waals surface area contributed by atoms with Crippen molar-refractivity contribution in [1.29, 1.82) is 0 Å². The first-order chi connectivity index (χ1) is 9.13. The van der Waals surface area contributed by atoms with Crippen LogP contribution in [0.5, 0.6) is 5.75 Å². The smallest absolute Gasteiger partial charge is 0.387 e. The van der Waals surface area contributed by atoms with Crippen LogP contribution in [0.25, 0.3) is 0 Å². The summed E-state index contributed by atoms with van der Waals surface area (Å²) in [5.41, 5.74) is 0.819. The van der Waals surface area contributed by atoms with Gasteiger partial charge in [-0.05, 0) is 30.5 Å². The van der Waals surface area contributed by atoms with Crippen molar-refractivity contribution in [2.24, 2.45) is 0 Å². The fourth-order valence-corrected chi connectivity index (χ4v) is 2.52. The molecule has 1 aromatic rings. The molecule has 0 saturated heterocycles. The van der Waals surface area contributed by atoms with Gasteiger partial charge in [-0.25, -0.2) is 0 Å². The van der Waals surface area contributed by atoms with E-state index in [9.17, 15) is 13.9 Å². The average Bonchev–Trinajstić information content (AvgIpc) is 2.87. The van der Waals surface area contributed by atoms with Gasteiger partial charge < -0.3 is 15.2 Å². The monoisotopic (exact) mass is 271 g/mol. The van der Waals surface area contributed by atoms with Gasteiger partial charge in [-0.1, -0.05) is 25.0 Å². The highest BCUT2D eigenvalue weighted by molar-refractivity contribution is 5.27. The van der Waals surface area contributed by atoms with Crippen molar-refractivity contribution in [3.63, 3.8) is 0 Å². The van der Waals surface area contributed by atoms with Crippen LogP contribution >= 0.6 is 0 Å². The Kier molecular flexibility index (Phi) is 4.71. The second-order valence-electron chi connectivity index (χ2n) is 5.02. The zero-order chi connectivity index (χ0) is 13.7. The lowest BCUT2D eigenvalue weighted by atomic mass is 9.98. The van der Waals surface area contributed by atoms with Crippen molar-refractivity contribution in [2.45, 2.75) is 44.4 Å². The van der Waals surface area contributed by atoms with Gasteiger partial charge in [0.05, 0.1) is 6.61 Å². The maximum atomic E-state index is 12.0. The summed E-state index contributed by atoms with van der Waals surface area (Å²) in [6.45, 7) is -2.03. The molecule has 1 aliphatic rings. The van der Waals surface area contributed by atoms with Crippen molar-refractivity contribution >= 4 is 0 Å². The molecule has 1 fully saturated rings. The lowest BCUT2D eigenvalue weighted by Gasteiger charge is -2.28. The Bertz CT molecular complexity index is 389. The highest BCUT2D eigenvalue weighted by Gasteiger charge is 2.32. The molecule has 106 valence electrons. The SMILES string of the molecule is OCC1(NCc2ccc(OC(F)F)cc2)CCCC1. The lowest BCUT2D eigenvalue weighted by Crippen LogP contribution is -2.45. The second kappa shape index (κ2) is 6.30. The molecule has 0 bridgehead atoms. The number of aliphatic hydroxyl groups is 1. The van der Waals surface area contributed by atoms with E-state index >= 15 is 0 Å². The molecule has 0 heterocycles. The summed E-state index contributed by atoms with van der Waals surface area (Å²) in [6.07, 6.45) is 4.23. The number of hydrogen-bond donors (Lipinski definition) is 2. The van der Waals surface area contributed by atoms with E-state index in [1.807, 2.05) is 0 Å². The van der Waals surface area contributed by atoms with Gasteiger partial charge in [0.2, 0.25) is 0 Å². The van der Waals surface area contributed by atoms with E-state index in [0.29, 0.717) is 6.54 Å². The third-order valence-corrected chi connectivity index (χ3v) is 3.68. The topological polar surface area (TPSA) is 41.5 Å². The van der Waals surface area contributed by atoms with E-state index in [-0.39, 0.29) is 17.9 Å². The summed E-state index contributed by atoms with van der Waals surface area (Å²) < 4.78 is 28.3. The lowest BCUT2D eigenvalue weighted by molar-refractivity contribution is -0.0498. The van der Waals surface area contributed by atoms with E-state index in [2.05, 4.69) is 10.1 Å². The van der Waals surface area contributed by atoms with Gasteiger partial charge in [-0.15, -0.1) is 0 Å². The van der Waals surface area contributed by atoms with Crippen LogP contribution in [0.4, 0.5) is 8.78 Å². The van der Waals surface area contributed by atoms with E-state index in [4.69, 9.17) is 0 Å². The molecular formula is C14H19F2NO2. The quantitative estimate of drug-likeness (QED) is 0.836. The minimum absolute atomic E-state index is 0.138. The van der Waals surface area contributed by atoms with E-state index < -0.39 is 6.61 Å². The molecule has 0 aliphatic heterocycles. The molecule has 0 aromatic heterocycles. The fraction of sp³-hybridized carbons (Fsp3) is 0.571. The van der Waals surface area contributed by atoms with E-state index in [0.717, 1.165) is 31.2 Å². The average molecular weight is 271 g/mol. The number of halogens is 2. The van der Waals surface area contributed by atoms with Crippen molar-refractivity contribution in [3.05, 3.63) is 29.8 Å². The maximum absolute atomic E-state index is 12.0. The summed E-state index contributed by atoms with van der Waals surface area (Å²) in [4.78, 5) is 0. The molecule has 1 aliphatic carbocycles. The van der Waals surface area contributed by atoms with Crippen molar-refractivity contribution in [1.82, 2.24) is 5.32 Å². The molecule has 5 heteroatoms. The van der Waals surface area contributed by atoms with Crippen LogP contribution < -0.4 is 10.1 Å². The zero-order valence-electron chi connectivity index (χ0n) is 10.7. The first kappa shape index (κ1) is 14.2. The number of benzene rings is 1. The van der Waals surface area contributed by atoms with Crippen molar-refractivity contribution in [3.8, 4) is 5.75 Å². The van der Waals surface area contributed by atoms with Gasteiger partial charge in [-0.3, -0.25) is 0 Å². The largest absolute Gasteiger partial charge is 0.435 e. The molecule has 0 unspecified atom stereocenters. The summed E-state index contributed by atoms with van der Waals surface area (Å²) >= 11 is 0. The van der Waals surface area contributed by atoms with Gasteiger partial charge in [0, 0.05) is 12.1 Å². The number of ether oxygens (including phenoxy) is 1. The first-order valence-electron chi connectivity index (χ1n) is 6.53. The summed E-state index contributed by atoms with van der Waals surface area (Å²) in [7, 11) is 0. The molecule has 2 rings (SSSR count). The van der Waals surface area contributed by atoms with Crippen LogP contribution in [0.2, 0.25) is 0 Å². The first-order valence-corrected chi connectivity index (χ1v) is 6.53. The summed E-state index contributed by atoms with van der Waals surface area (Å²) in [5.74, 6) is 0.163. The molecule has 0 amide bonds. The van der Waals surface area contributed by atoms with Crippen molar-refractivity contribution < 1.29 is 18.6 Å². The third-order valence-electron chi connectivity index (χ3n) is 3.68. The Morgan fingerprint density at radius 1 is 1.21 bits per heavy atom. The van der Waals surface area contributed by atoms with Gasteiger partial charge in [0.25, 0.3) is 0 Å². The van der Waals surface area contributed by atoms with Crippen LogP contribution in [0, 0.1) is 0 Å². The highest BCUT2D eigenvalue weighted by atomic mass is 19.3. The predicted octanol–water partition coefficient (Wildman–Crippen LogP) is 2.68. The van der Waals surface area contributed by atoms with Gasteiger partial charge >= 0.3 is 6.61 Å². The molecule has 0 radical (unpaired) electrons. The van der Waals surface area contributed by atoms with Crippen molar-refractivity contribution in [2.75, 3.05) is 6.61 Å². The number of aliphatic hydroxyl groups excluding tert-OH is 1. The molecule has 0 atom stereocenters. The second-order valence-corrected chi connectivity index (χ2v) is 5.02. The number of rotatable bonds is 6. The molecule has 3 nitrogen and oxygen atoms in total. The Balaban J connectivity index is 1.89. The third kappa shape index (κ3) is 3.88. The Labute approximate surface area is 111 Å².